The highest BCUT2D eigenvalue weighted by Gasteiger charge is 2.26. The van der Waals surface area contributed by atoms with Crippen molar-refractivity contribution in [1.82, 2.24) is 4.90 Å². The van der Waals surface area contributed by atoms with Crippen LogP contribution >= 0.6 is 11.6 Å². The molecule has 0 atom stereocenters. The predicted octanol–water partition coefficient (Wildman–Crippen LogP) is 3.77. The standard InChI is InChI=1S/C21H26ClN3O6/c1-21(2,3)31-20(27)24-9-7-14(8-10-24)6-4-5-11-30-17-13-15(19(23)26)12-16(18(17)22)25(28)29/h12-14H,6-11H2,1-3H3,(H2,23,26). The lowest BCUT2D eigenvalue weighted by molar-refractivity contribution is -0.384. The summed E-state index contributed by atoms with van der Waals surface area (Å²) in [5, 5.41) is 10.9. The normalized spacial score (nSPS) is 14.4. The van der Waals surface area contributed by atoms with Gasteiger partial charge in [0.15, 0.2) is 5.02 Å². The first-order valence-corrected chi connectivity index (χ1v) is 10.2. The van der Waals surface area contributed by atoms with Crippen LogP contribution in [0.1, 0.15) is 50.4 Å². The number of hydrogen-bond donors (Lipinski definition) is 1. The molecule has 10 heteroatoms. The molecule has 2 N–H and O–H groups in total. The van der Waals surface area contributed by atoms with Crippen molar-refractivity contribution in [2.45, 2.75) is 45.6 Å². The van der Waals surface area contributed by atoms with E-state index >= 15 is 0 Å². The first-order chi connectivity index (χ1) is 14.5. The molecule has 1 fully saturated rings. The maximum absolute atomic E-state index is 12.1. The van der Waals surface area contributed by atoms with Crippen LogP contribution in [0.25, 0.3) is 0 Å². The monoisotopic (exact) mass is 451 g/mol. The number of nitrogens with zero attached hydrogens (tertiary/aromatic N) is 2. The average molecular weight is 452 g/mol. The molecule has 1 aliphatic rings. The van der Waals surface area contributed by atoms with Crippen LogP contribution in [-0.2, 0) is 4.74 Å². The van der Waals surface area contributed by atoms with E-state index in [-0.39, 0.29) is 29.0 Å². The fourth-order valence-electron chi connectivity index (χ4n) is 2.99. The van der Waals surface area contributed by atoms with E-state index in [1.165, 1.54) is 6.07 Å². The fourth-order valence-corrected chi connectivity index (χ4v) is 3.22. The van der Waals surface area contributed by atoms with E-state index in [0.29, 0.717) is 25.4 Å². The molecule has 0 aromatic heterocycles. The summed E-state index contributed by atoms with van der Waals surface area (Å²) in [4.78, 5) is 35.5. The van der Waals surface area contributed by atoms with Crippen molar-refractivity contribution in [3.05, 3.63) is 32.8 Å². The number of likely N-dealkylation sites (tertiary alicyclic amines) is 1. The highest BCUT2D eigenvalue weighted by atomic mass is 35.5. The summed E-state index contributed by atoms with van der Waals surface area (Å²) >= 11 is 5.98. The summed E-state index contributed by atoms with van der Waals surface area (Å²) in [6.45, 7) is 6.71. The van der Waals surface area contributed by atoms with Gasteiger partial charge in [-0.15, -0.1) is 0 Å². The Hall–Kier alpha value is -2.99. The molecule has 31 heavy (non-hydrogen) atoms. The highest BCUT2D eigenvalue weighted by molar-refractivity contribution is 6.34. The Balaban J connectivity index is 1.85. The topological polar surface area (TPSA) is 125 Å². The number of nitro benzene ring substituents is 1. The Morgan fingerprint density at radius 3 is 2.48 bits per heavy atom. The van der Waals surface area contributed by atoms with E-state index in [2.05, 4.69) is 11.8 Å². The summed E-state index contributed by atoms with van der Waals surface area (Å²) in [6.07, 6.45) is 2.00. The number of piperidine rings is 1. The molecule has 1 aromatic carbocycles. The summed E-state index contributed by atoms with van der Waals surface area (Å²) in [7, 11) is 0. The predicted molar refractivity (Wildman–Crippen MR) is 115 cm³/mol. The maximum atomic E-state index is 12.1. The number of nitrogens with two attached hydrogens (primary N) is 1. The number of rotatable bonds is 5. The minimum absolute atomic E-state index is 0.0235. The van der Waals surface area contributed by atoms with E-state index in [4.69, 9.17) is 26.8 Å². The molecule has 168 valence electrons. The van der Waals surface area contributed by atoms with Gasteiger partial charge in [0, 0.05) is 31.1 Å². The third-order valence-electron chi connectivity index (χ3n) is 4.58. The zero-order valence-corrected chi connectivity index (χ0v) is 18.5. The maximum Gasteiger partial charge on any atom is 0.410 e. The molecule has 2 amide bonds. The molecular formula is C21H26ClN3O6. The van der Waals surface area contributed by atoms with Crippen LogP contribution < -0.4 is 10.5 Å². The molecule has 1 aliphatic heterocycles. The van der Waals surface area contributed by atoms with Gasteiger partial charge >= 0.3 is 6.09 Å². The largest absolute Gasteiger partial charge is 0.479 e. The first-order valence-electron chi connectivity index (χ1n) is 9.82. The third-order valence-corrected chi connectivity index (χ3v) is 4.96. The van der Waals surface area contributed by atoms with E-state index < -0.39 is 22.1 Å². The van der Waals surface area contributed by atoms with Gasteiger partial charge in [0.2, 0.25) is 5.91 Å². The minimum Gasteiger partial charge on any atom is -0.479 e. The van der Waals surface area contributed by atoms with Gasteiger partial charge in [-0.25, -0.2) is 4.79 Å². The third kappa shape index (κ3) is 7.33. The number of carbonyl (C=O) groups is 2. The Bertz CT molecular complexity index is 908. The number of hydrogen-bond acceptors (Lipinski definition) is 6. The second-order valence-corrected chi connectivity index (χ2v) is 8.56. The molecule has 1 saturated heterocycles. The van der Waals surface area contributed by atoms with E-state index in [0.717, 1.165) is 18.9 Å². The van der Waals surface area contributed by atoms with Crippen molar-refractivity contribution in [2.75, 3.05) is 19.7 Å². The van der Waals surface area contributed by atoms with Gasteiger partial charge in [-0.2, -0.15) is 0 Å². The Morgan fingerprint density at radius 2 is 1.94 bits per heavy atom. The lowest BCUT2D eigenvalue weighted by Crippen LogP contribution is -2.41. The van der Waals surface area contributed by atoms with Crippen molar-refractivity contribution in [2.24, 2.45) is 11.7 Å². The van der Waals surface area contributed by atoms with E-state index in [1.807, 2.05) is 20.8 Å². The molecule has 0 spiro atoms. The van der Waals surface area contributed by atoms with Crippen LogP contribution in [0.2, 0.25) is 5.02 Å². The van der Waals surface area contributed by atoms with Crippen LogP contribution in [0.5, 0.6) is 5.75 Å². The van der Waals surface area contributed by atoms with Crippen molar-refractivity contribution < 1.29 is 24.0 Å². The molecule has 0 unspecified atom stereocenters. The molecule has 0 saturated carbocycles. The first kappa shape index (κ1) is 24.3. The van der Waals surface area contributed by atoms with Gasteiger partial charge in [-0.05, 0) is 45.6 Å². The van der Waals surface area contributed by atoms with Crippen LogP contribution in [0.15, 0.2) is 12.1 Å². The van der Waals surface area contributed by atoms with Crippen molar-refractivity contribution in [1.29, 1.82) is 0 Å². The SMILES string of the molecule is CC(C)(C)OC(=O)N1CCC(CC#CCOc2cc(C(N)=O)cc([N+](=O)[O-])c2Cl)CC1. The smallest absolute Gasteiger partial charge is 0.410 e. The molecule has 1 aromatic rings. The lowest BCUT2D eigenvalue weighted by Gasteiger charge is -2.32. The second-order valence-electron chi connectivity index (χ2n) is 8.19. The summed E-state index contributed by atoms with van der Waals surface area (Å²) < 4.78 is 10.8. The lowest BCUT2D eigenvalue weighted by atomic mass is 9.94. The van der Waals surface area contributed by atoms with Gasteiger partial charge in [0.05, 0.1) is 4.92 Å². The molecule has 2 rings (SSSR count). The Morgan fingerprint density at radius 1 is 1.29 bits per heavy atom. The van der Waals surface area contributed by atoms with Crippen molar-refractivity contribution in [3.8, 4) is 17.6 Å². The number of amides is 2. The van der Waals surface area contributed by atoms with Gasteiger partial charge in [-0.3, -0.25) is 14.9 Å². The van der Waals surface area contributed by atoms with Crippen molar-refractivity contribution in [3.63, 3.8) is 0 Å². The average Bonchev–Trinajstić information content (AvgIpc) is 2.67. The van der Waals surface area contributed by atoms with Crippen molar-refractivity contribution >= 4 is 29.3 Å². The molecule has 0 aliphatic carbocycles. The van der Waals surface area contributed by atoms with Crippen LogP contribution in [0.4, 0.5) is 10.5 Å². The van der Waals surface area contributed by atoms with Gasteiger partial charge in [0.25, 0.3) is 5.69 Å². The van der Waals surface area contributed by atoms with Crippen LogP contribution in [0, 0.1) is 27.9 Å². The molecule has 1 heterocycles. The summed E-state index contributed by atoms with van der Waals surface area (Å²) in [5.74, 6) is 5.38. The van der Waals surface area contributed by atoms with Gasteiger partial charge in [0.1, 0.15) is 18.0 Å². The van der Waals surface area contributed by atoms with Gasteiger partial charge < -0.3 is 20.1 Å². The van der Waals surface area contributed by atoms with E-state index in [1.54, 1.807) is 4.90 Å². The number of halogens is 1. The molecule has 0 radical (unpaired) electrons. The quantitative estimate of drug-likeness (QED) is 0.412. The zero-order chi connectivity index (χ0) is 23.2. The van der Waals surface area contributed by atoms with Crippen LogP contribution in [-0.4, -0.2) is 47.1 Å². The second kappa shape index (κ2) is 10.4. The number of carbonyl (C=O) groups excluding carboxylic acids is 2. The minimum atomic E-state index is -0.826. The summed E-state index contributed by atoms with van der Waals surface area (Å²) in [6, 6.07) is 2.26. The number of benzene rings is 1. The van der Waals surface area contributed by atoms with Gasteiger partial charge in [-0.1, -0.05) is 23.4 Å². The highest BCUT2D eigenvalue weighted by Crippen LogP contribution is 2.35. The molecule has 9 nitrogen and oxygen atoms in total. The van der Waals surface area contributed by atoms with Crippen LogP contribution in [0.3, 0.4) is 0 Å². The Labute approximate surface area is 186 Å². The number of primary amides is 1. The fraction of sp³-hybridized carbons (Fsp3) is 0.524. The van der Waals surface area contributed by atoms with E-state index in [9.17, 15) is 19.7 Å². The molecule has 0 bridgehead atoms. The Kier molecular flexibility index (Phi) is 8.11. The summed E-state index contributed by atoms with van der Waals surface area (Å²) in [5.41, 5.74) is 4.15. The molecular weight excluding hydrogens is 426 g/mol. The number of ether oxygens (including phenoxy) is 2. The zero-order valence-electron chi connectivity index (χ0n) is 17.8. The number of nitro groups is 1.